The fourth-order valence-electron chi connectivity index (χ4n) is 12.7. The van der Waals surface area contributed by atoms with E-state index >= 15 is 0 Å². The highest BCUT2D eigenvalue weighted by Gasteiger charge is 2.30. The lowest BCUT2D eigenvalue weighted by Crippen LogP contribution is -2.30. The molecule has 17 nitrogen and oxygen atoms in total. The Labute approximate surface area is 619 Å². The van der Waals surface area contributed by atoms with Crippen molar-refractivity contribution in [2.75, 3.05) is 39.6 Å². The molecular weight excluding hydrogens is 1320 g/mol. The summed E-state index contributed by atoms with van der Waals surface area (Å²) in [7, 11) is -9.92. The predicted octanol–water partition coefficient (Wildman–Crippen LogP) is 24.7. The normalized spacial score (nSPS) is 14.2. The number of esters is 4. The van der Waals surface area contributed by atoms with E-state index in [1.54, 1.807) is 0 Å². The monoisotopic (exact) mass is 1480 g/mol. The van der Waals surface area contributed by atoms with Gasteiger partial charge in [-0.25, -0.2) is 9.13 Å². The van der Waals surface area contributed by atoms with Gasteiger partial charge in [-0.3, -0.25) is 37.3 Å². The van der Waals surface area contributed by atoms with Crippen molar-refractivity contribution in [1.29, 1.82) is 0 Å². The molecule has 3 N–H and O–H groups in total. The van der Waals surface area contributed by atoms with E-state index in [0.717, 1.165) is 108 Å². The van der Waals surface area contributed by atoms with Crippen molar-refractivity contribution >= 4 is 39.5 Å². The van der Waals surface area contributed by atoms with Gasteiger partial charge < -0.3 is 33.8 Å². The van der Waals surface area contributed by atoms with Crippen molar-refractivity contribution < 1.29 is 80.2 Å². The lowest BCUT2D eigenvalue weighted by atomic mass is 10.00. The van der Waals surface area contributed by atoms with E-state index in [9.17, 15) is 43.2 Å². The van der Waals surface area contributed by atoms with Crippen LogP contribution in [0.4, 0.5) is 0 Å². The predicted molar refractivity (Wildman–Crippen MR) is 414 cm³/mol. The van der Waals surface area contributed by atoms with E-state index in [4.69, 9.17) is 37.0 Å². The number of rotatable bonds is 81. The van der Waals surface area contributed by atoms with E-state index in [-0.39, 0.29) is 25.7 Å². The first-order valence-electron chi connectivity index (χ1n) is 42.5. The van der Waals surface area contributed by atoms with Crippen molar-refractivity contribution in [2.45, 2.75) is 452 Å². The summed E-state index contributed by atoms with van der Waals surface area (Å²) < 4.78 is 68.7. The Kier molecular flexibility index (Phi) is 72.2. The number of carbonyl (C=O) groups is 4. The van der Waals surface area contributed by atoms with E-state index in [2.05, 4.69) is 41.5 Å². The third-order valence-corrected chi connectivity index (χ3v) is 21.5. The van der Waals surface area contributed by atoms with Gasteiger partial charge in [0.05, 0.1) is 26.4 Å². The van der Waals surface area contributed by atoms with E-state index in [1.165, 1.54) is 244 Å². The topological polar surface area (TPSA) is 237 Å². The maximum atomic E-state index is 13.1. The van der Waals surface area contributed by atoms with Crippen molar-refractivity contribution in [3.63, 3.8) is 0 Å². The van der Waals surface area contributed by atoms with Crippen LogP contribution in [0.25, 0.3) is 0 Å². The molecule has 0 amide bonds. The van der Waals surface area contributed by atoms with Crippen LogP contribution in [-0.2, 0) is 65.4 Å². The Morgan fingerprint density at radius 1 is 0.287 bits per heavy atom. The van der Waals surface area contributed by atoms with Crippen LogP contribution in [0.3, 0.4) is 0 Å². The van der Waals surface area contributed by atoms with Crippen LogP contribution >= 0.6 is 15.6 Å². The second-order valence-electron chi connectivity index (χ2n) is 30.2. The largest absolute Gasteiger partial charge is 0.472 e. The van der Waals surface area contributed by atoms with Gasteiger partial charge in [-0.2, -0.15) is 0 Å². The van der Waals surface area contributed by atoms with Crippen LogP contribution in [0.1, 0.15) is 433 Å². The molecule has 6 atom stereocenters. The molecule has 0 aromatic rings. The third kappa shape index (κ3) is 74.7. The maximum Gasteiger partial charge on any atom is 0.472 e. The first kappa shape index (κ1) is 99.1. The number of aliphatic hydroxyl groups is 1. The van der Waals surface area contributed by atoms with Gasteiger partial charge in [0.15, 0.2) is 12.2 Å². The van der Waals surface area contributed by atoms with E-state index in [0.29, 0.717) is 25.7 Å². The van der Waals surface area contributed by atoms with Crippen LogP contribution in [0, 0.1) is 11.8 Å². The molecule has 3 unspecified atom stereocenters. The molecule has 19 heteroatoms. The van der Waals surface area contributed by atoms with E-state index < -0.39 is 97.5 Å². The Bertz CT molecular complexity index is 1940. The number of phosphoric ester groups is 2. The molecule has 0 saturated carbocycles. The van der Waals surface area contributed by atoms with Crippen molar-refractivity contribution in [1.82, 2.24) is 0 Å². The van der Waals surface area contributed by atoms with Gasteiger partial charge in [0.1, 0.15) is 19.3 Å². The highest BCUT2D eigenvalue weighted by atomic mass is 31.2. The molecule has 0 aromatic carbocycles. The van der Waals surface area contributed by atoms with Gasteiger partial charge in [0.25, 0.3) is 0 Å². The number of phosphoric acid groups is 2. The van der Waals surface area contributed by atoms with Gasteiger partial charge in [0.2, 0.25) is 0 Å². The molecule has 0 bridgehead atoms. The van der Waals surface area contributed by atoms with Crippen LogP contribution in [0.2, 0.25) is 0 Å². The molecule has 0 spiro atoms. The molecule has 101 heavy (non-hydrogen) atoms. The molecule has 0 rings (SSSR count). The summed E-state index contributed by atoms with van der Waals surface area (Å²) in [4.78, 5) is 73.0. The highest BCUT2D eigenvalue weighted by Crippen LogP contribution is 2.45. The van der Waals surface area contributed by atoms with E-state index in [1.807, 2.05) is 0 Å². The Balaban J connectivity index is 5.22. The molecule has 0 aliphatic rings. The lowest BCUT2D eigenvalue weighted by molar-refractivity contribution is -0.161. The zero-order valence-electron chi connectivity index (χ0n) is 66.2. The summed E-state index contributed by atoms with van der Waals surface area (Å²) in [6, 6.07) is 0. The summed E-state index contributed by atoms with van der Waals surface area (Å²) in [5.74, 6) is -0.565. The molecule has 0 aliphatic heterocycles. The molecular formula is C82H160O17P2. The Hall–Kier alpha value is -1.94. The average molecular weight is 1480 g/mol. The van der Waals surface area contributed by atoms with Crippen molar-refractivity contribution in [2.24, 2.45) is 11.8 Å². The number of carbonyl (C=O) groups excluding carboxylic acids is 4. The number of hydrogen-bond acceptors (Lipinski definition) is 15. The van der Waals surface area contributed by atoms with Crippen LogP contribution in [-0.4, -0.2) is 96.7 Å². The summed E-state index contributed by atoms with van der Waals surface area (Å²) in [5.41, 5.74) is 0. The highest BCUT2D eigenvalue weighted by molar-refractivity contribution is 7.47. The summed E-state index contributed by atoms with van der Waals surface area (Å²) in [5, 5.41) is 10.6. The van der Waals surface area contributed by atoms with Gasteiger partial charge >= 0.3 is 39.5 Å². The quantitative estimate of drug-likeness (QED) is 0.0222. The first-order valence-corrected chi connectivity index (χ1v) is 45.5. The molecule has 0 radical (unpaired) electrons. The minimum Gasteiger partial charge on any atom is -0.462 e. The van der Waals surface area contributed by atoms with Crippen molar-refractivity contribution in [3.8, 4) is 0 Å². The molecule has 0 aliphatic carbocycles. The zero-order chi connectivity index (χ0) is 74.2. The smallest absolute Gasteiger partial charge is 0.462 e. The minimum absolute atomic E-state index is 0.107. The molecule has 0 saturated heterocycles. The molecule has 600 valence electrons. The van der Waals surface area contributed by atoms with Gasteiger partial charge in [-0.1, -0.05) is 382 Å². The second kappa shape index (κ2) is 73.6. The first-order chi connectivity index (χ1) is 48.9. The van der Waals surface area contributed by atoms with Gasteiger partial charge in [-0.05, 0) is 37.5 Å². The van der Waals surface area contributed by atoms with Gasteiger partial charge in [-0.15, -0.1) is 0 Å². The van der Waals surface area contributed by atoms with Crippen LogP contribution in [0.5, 0.6) is 0 Å². The van der Waals surface area contributed by atoms with Gasteiger partial charge in [0, 0.05) is 25.7 Å². The maximum absolute atomic E-state index is 13.1. The summed E-state index contributed by atoms with van der Waals surface area (Å²) in [6.07, 6.45) is 63.9. The second-order valence-corrected chi connectivity index (χ2v) is 33.1. The molecule has 0 aromatic heterocycles. The summed E-state index contributed by atoms with van der Waals surface area (Å²) in [6.45, 7) is 9.63. The minimum atomic E-state index is -4.96. The standard InChI is InChI=1S/C82H160O17P2/c1-7-10-12-14-16-18-20-22-23-24-25-26-27-32-35-39-43-47-55-61-67-82(87)98-77(70-92-79(84)64-58-52-45-41-38-34-31-29-28-30-33-36-40-44-50-56-62-74(4)5)72-96-100(88,89)94-68-76(83)69-95-101(90,91)97-73-78(71-93-80(85)65-59-53-49-48-51-57-63-75(6)9-3)99-81(86)66-60-54-46-42-37-21-19-17-15-13-11-8-2/h74-78,83H,7-73H2,1-6H3,(H,88,89)(H,90,91)/t75?,76-,77-,78-/m1/s1. The van der Waals surface area contributed by atoms with Crippen LogP contribution < -0.4 is 0 Å². The fraction of sp³-hybridized carbons (Fsp3) is 0.951. The summed E-state index contributed by atoms with van der Waals surface area (Å²) >= 11 is 0. The van der Waals surface area contributed by atoms with Crippen molar-refractivity contribution in [3.05, 3.63) is 0 Å². The lowest BCUT2D eigenvalue weighted by Gasteiger charge is -2.21. The number of unbranched alkanes of at least 4 members (excludes halogenated alkanes) is 50. The fourth-order valence-corrected chi connectivity index (χ4v) is 14.3. The molecule has 0 heterocycles. The Morgan fingerprint density at radius 2 is 0.505 bits per heavy atom. The molecule has 0 fully saturated rings. The number of hydrogen-bond donors (Lipinski definition) is 3. The third-order valence-electron chi connectivity index (χ3n) is 19.6. The Morgan fingerprint density at radius 3 is 0.752 bits per heavy atom. The zero-order valence-corrected chi connectivity index (χ0v) is 68.0. The number of ether oxygens (including phenoxy) is 4. The average Bonchev–Trinajstić information content (AvgIpc) is 0.966. The number of aliphatic hydroxyl groups excluding tert-OH is 1. The SMILES string of the molecule is CCCCCCCCCCCCCCCCCCCCCCC(=O)O[C@H](COC(=O)CCCCCCCCCCCCCCCCCCC(C)C)COP(=O)(O)OC[C@@H](O)COP(=O)(O)OC[C@@H](COC(=O)CCCCCCCCC(C)CC)OC(=O)CCCCCCCCCCCCCC. The van der Waals surface area contributed by atoms with Crippen LogP contribution in [0.15, 0.2) is 0 Å².